The van der Waals surface area contributed by atoms with E-state index in [0.717, 1.165) is 35.6 Å². The number of hydrogen-bond donors (Lipinski definition) is 1. The third-order valence-corrected chi connectivity index (χ3v) is 11.2. The van der Waals surface area contributed by atoms with Gasteiger partial charge in [0.05, 0.1) is 21.9 Å². The van der Waals surface area contributed by atoms with Gasteiger partial charge in [-0.05, 0) is 26.3 Å². The average molecular weight is 565 g/mol. The summed E-state index contributed by atoms with van der Waals surface area (Å²) in [5, 5.41) is 20.5. The number of alkyl halides is 1. The maximum absolute atomic E-state index is 14.3. The molecule has 0 bridgehead atoms. The number of fused-ring (bicyclic) bond motifs is 3. The quantitative estimate of drug-likeness (QED) is 0.524. The van der Waals surface area contributed by atoms with Gasteiger partial charge in [-0.1, -0.05) is 5.92 Å². The smallest absolute Gasteiger partial charge is 0.320 e. The van der Waals surface area contributed by atoms with Crippen molar-refractivity contribution in [1.29, 1.82) is 10.5 Å². The Morgan fingerprint density at radius 1 is 1.31 bits per heavy atom. The Kier molecular flexibility index (Phi) is 6.30. The molecule has 3 saturated heterocycles. The molecule has 1 unspecified atom stereocenters. The van der Waals surface area contributed by atoms with Crippen LogP contribution in [0.4, 0.5) is 21.0 Å². The van der Waals surface area contributed by atoms with Crippen molar-refractivity contribution >= 4 is 39.7 Å². The summed E-state index contributed by atoms with van der Waals surface area (Å²) in [4.78, 5) is 16.5. The molecule has 6 heterocycles. The summed E-state index contributed by atoms with van der Waals surface area (Å²) in [6.07, 6.45) is 7.16. The molecule has 4 aliphatic rings. The topological polar surface area (TPSA) is 118 Å². The molecule has 3 atom stereocenters. The van der Waals surface area contributed by atoms with Gasteiger partial charge < -0.3 is 20.3 Å². The van der Waals surface area contributed by atoms with E-state index in [2.05, 4.69) is 27.9 Å². The number of nitrogens with zero attached hydrogens (tertiary/aromatic N) is 7. The molecule has 2 aromatic heterocycles. The Morgan fingerprint density at radius 2 is 2.08 bits per heavy atom. The second-order valence-electron chi connectivity index (χ2n) is 10.8. The number of nitrogen functional groups attached to an aromatic ring is 1. The Bertz CT molecular complexity index is 1450. The minimum atomic E-state index is -0.861. The summed E-state index contributed by atoms with van der Waals surface area (Å²) < 4.78 is 20.3. The van der Waals surface area contributed by atoms with Crippen LogP contribution < -0.4 is 20.3 Å². The lowest BCUT2D eigenvalue weighted by Crippen LogP contribution is -2.57. The lowest BCUT2D eigenvalue weighted by Gasteiger charge is -2.48. The summed E-state index contributed by atoms with van der Waals surface area (Å²) in [5.74, 6) is 4.38. The SMILES string of the molecule is C#CC(C)N(C)c1nc(OC[C@@]23CCCN2C[C@H](F)C3)nc(N2CC3(C2)SCc2sc(N)c(C#N)c23)c1C#N. The van der Waals surface area contributed by atoms with Gasteiger partial charge in [0.25, 0.3) is 0 Å². The van der Waals surface area contributed by atoms with Crippen molar-refractivity contribution in [3.63, 3.8) is 0 Å². The Morgan fingerprint density at radius 3 is 2.79 bits per heavy atom. The molecule has 2 aromatic rings. The fraction of sp³-hybridized carbons (Fsp3) is 0.556. The summed E-state index contributed by atoms with van der Waals surface area (Å²) in [5.41, 5.74) is 7.71. The van der Waals surface area contributed by atoms with Gasteiger partial charge in [0.15, 0.2) is 11.6 Å². The first-order valence-electron chi connectivity index (χ1n) is 13.0. The maximum atomic E-state index is 14.3. The zero-order chi connectivity index (χ0) is 27.5. The van der Waals surface area contributed by atoms with E-state index < -0.39 is 6.17 Å². The molecule has 0 amide bonds. The molecule has 1 spiro atoms. The van der Waals surface area contributed by atoms with Gasteiger partial charge in [0, 0.05) is 49.3 Å². The van der Waals surface area contributed by atoms with Crippen molar-refractivity contribution in [1.82, 2.24) is 14.9 Å². The van der Waals surface area contributed by atoms with Gasteiger partial charge in [-0.15, -0.1) is 29.5 Å². The zero-order valence-corrected chi connectivity index (χ0v) is 23.5. The number of anilines is 3. The summed E-state index contributed by atoms with van der Waals surface area (Å²) >= 11 is 3.29. The number of nitrogens with two attached hydrogens (primary N) is 1. The van der Waals surface area contributed by atoms with Crippen LogP contribution in [-0.4, -0.2) is 72.5 Å². The number of thioether (sulfide) groups is 1. The molecular formula is C27H29FN8OS2. The highest BCUT2D eigenvalue weighted by molar-refractivity contribution is 8.00. The van der Waals surface area contributed by atoms with E-state index in [1.54, 1.807) is 23.7 Å². The molecule has 6 rings (SSSR count). The van der Waals surface area contributed by atoms with E-state index in [0.29, 0.717) is 53.8 Å². The summed E-state index contributed by atoms with van der Waals surface area (Å²) in [7, 11) is 1.80. The van der Waals surface area contributed by atoms with Crippen molar-refractivity contribution in [3.05, 3.63) is 21.6 Å². The number of thiophene rings is 1. The molecule has 12 heteroatoms. The van der Waals surface area contributed by atoms with Crippen molar-refractivity contribution in [2.24, 2.45) is 0 Å². The van der Waals surface area contributed by atoms with E-state index in [-0.39, 0.29) is 28.9 Å². The van der Waals surface area contributed by atoms with Crippen molar-refractivity contribution in [3.8, 4) is 30.5 Å². The fourth-order valence-electron chi connectivity index (χ4n) is 6.45. The minimum absolute atomic E-state index is 0.150. The maximum Gasteiger partial charge on any atom is 0.320 e. The largest absolute Gasteiger partial charge is 0.461 e. The molecule has 0 aliphatic carbocycles. The van der Waals surface area contributed by atoms with Gasteiger partial charge >= 0.3 is 6.01 Å². The molecule has 9 nitrogen and oxygen atoms in total. The number of halogens is 1. The lowest BCUT2D eigenvalue weighted by molar-refractivity contribution is 0.107. The van der Waals surface area contributed by atoms with Crippen LogP contribution in [0.5, 0.6) is 6.01 Å². The minimum Gasteiger partial charge on any atom is -0.461 e. The molecule has 2 N–H and O–H groups in total. The molecule has 0 radical (unpaired) electrons. The van der Waals surface area contributed by atoms with E-state index in [9.17, 15) is 14.9 Å². The van der Waals surface area contributed by atoms with Crippen LogP contribution in [0.3, 0.4) is 0 Å². The lowest BCUT2D eigenvalue weighted by atomic mass is 9.88. The van der Waals surface area contributed by atoms with E-state index in [4.69, 9.17) is 21.9 Å². The van der Waals surface area contributed by atoms with Crippen LogP contribution in [0.25, 0.3) is 0 Å². The third-order valence-electron chi connectivity index (χ3n) is 8.60. The molecule has 0 aromatic carbocycles. The van der Waals surface area contributed by atoms with E-state index in [1.807, 2.05) is 11.8 Å². The van der Waals surface area contributed by atoms with Crippen molar-refractivity contribution in [2.75, 3.05) is 55.4 Å². The molecule has 202 valence electrons. The van der Waals surface area contributed by atoms with Crippen LogP contribution >= 0.6 is 23.1 Å². The highest BCUT2D eigenvalue weighted by Crippen LogP contribution is 2.58. The highest BCUT2D eigenvalue weighted by Gasteiger charge is 2.53. The fourth-order valence-corrected chi connectivity index (χ4v) is 9.25. The number of aromatic nitrogens is 2. The van der Waals surface area contributed by atoms with Crippen LogP contribution in [0.1, 0.15) is 47.8 Å². The first kappa shape index (κ1) is 26.0. The van der Waals surface area contributed by atoms with Gasteiger partial charge in [0.1, 0.15) is 35.5 Å². The number of rotatable bonds is 6. The van der Waals surface area contributed by atoms with Crippen LogP contribution in [0.2, 0.25) is 0 Å². The average Bonchev–Trinajstić information content (AvgIpc) is 3.63. The molecule has 3 fully saturated rings. The van der Waals surface area contributed by atoms with Crippen molar-refractivity contribution < 1.29 is 9.13 Å². The van der Waals surface area contributed by atoms with Crippen LogP contribution in [0.15, 0.2) is 0 Å². The molecule has 4 aliphatic heterocycles. The predicted molar refractivity (Wildman–Crippen MR) is 151 cm³/mol. The number of nitriles is 2. The van der Waals surface area contributed by atoms with Crippen LogP contribution in [-0.2, 0) is 10.5 Å². The van der Waals surface area contributed by atoms with Crippen molar-refractivity contribution in [2.45, 2.75) is 54.4 Å². The Hall–Kier alpha value is -3.24. The van der Waals surface area contributed by atoms with Gasteiger partial charge in [-0.25, -0.2) is 4.39 Å². The molecule has 0 saturated carbocycles. The third kappa shape index (κ3) is 3.98. The summed E-state index contributed by atoms with van der Waals surface area (Å²) in [6, 6.07) is 4.42. The normalized spacial score (nSPS) is 25.3. The summed E-state index contributed by atoms with van der Waals surface area (Å²) in [6.45, 7) is 4.60. The molecular weight excluding hydrogens is 535 g/mol. The highest BCUT2D eigenvalue weighted by atomic mass is 32.2. The Balaban J connectivity index is 1.33. The number of terminal acetylenes is 1. The predicted octanol–water partition coefficient (Wildman–Crippen LogP) is 3.24. The number of hydrogen-bond acceptors (Lipinski definition) is 11. The second kappa shape index (κ2) is 9.45. The number of ether oxygens (including phenoxy) is 1. The first-order chi connectivity index (χ1) is 18.7. The van der Waals surface area contributed by atoms with Gasteiger partial charge in [-0.2, -0.15) is 20.5 Å². The monoisotopic (exact) mass is 564 g/mol. The standard InChI is InChI=1S/C27H29FN8OS2/c1-4-16(2)34(3)23-19(10-30)24(33-25(32-23)37-15-26-6-5-7-36(26)11-17(28)8-26)35-13-27(14-35)21-18(9-29)22(31)39-20(21)12-38-27/h1,16-17H,5-8,11-15,31H2,2-3H3/t16?,17-,26+/m1/s1. The zero-order valence-electron chi connectivity index (χ0n) is 21.9. The molecule has 39 heavy (non-hydrogen) atoms. The van der Waals surface area contributed by atoms with Crippen LogP contribution in [0, 0.1) is 35.0 Å². The Labute approximate surface area is 235 Å². The van der Waals surface area contributed by atoms with Gasteiger partial charge in [0.2, 0.25) is 0 Å². The van der Waals surface area contributed by atoms with E-state index >= 15 is 0 Å². The second-order valence-corrected chi connectivity index (χ2v) is 13.3. The van der Waals surface area contributed by atoms with Gasteiger partial charge in [-0.3, -0.25) is 4.90 Å². The first-order valence-corrected chi connectivity index (χ1v) is 14.8. The van der Waals surface area contributed by atoms with E-state index in [1.165, 1.54) is 11.3 Å².